The van der Waals surface area contributed by atoms with E-state index >= 15 is 0 Å². The van der Waals surface area contributed by atoms with Gasteiger partial charge in [0, 0.05) is 18.9 Å². The lowest BCUT2D eigenvalue weighted by atomic mass is 10.1. The highest BCUT2D eigenvalue weighted by atomic mass is 19.4. The normalized spacial score (nSPS) is 13.7. The number of hydrogen-bond donors (Lipinski definition) is 2. The first kappa shape index (κ1) is 22.1. The first-order valence-electron chi connectivity index (χ1n) is 10.1. The molecular weight excluding hydrogens is 431 g/mol. The van der Waals surface area contributed by atoms with E-state index < -0.39 is 11.7 Å². The Balaban J connectivity index is 1.59. The number of alkyl halides is 3. The molecule has 168 valence electrons. The molecule has 0 fully saturated rings. The molecule has 2 N–H and O–H groups in total. The third-order valence-corrected chi connectivity index (χ3v) is 4.61. The summed E-state index contributed by atoms with van der Waals surface area (Å²) in [4.78, 5) is 21.5. The highest BCUT2D eigenvalue weighted by molar-refractivity contribution is 6.04. The average Bonchev–Trinajstić information content (AvgIpc) is 3.21. The van der Waals surface area contributed by atoms with Crippen molar-refractivity contribution in [3.63, 3.8) is 0 Å². The number of halogens is 3. The van der Waals surface area contributed by atoms with Crippen molar-refractivity contribution < 1.29 is 13.2 Å². The van der Waals surface area contributed by atoms with Gasteiger partial charge in [0.25, 0.3) is 0 Å². The molecule has 0 radical (unpaired) electrons. The lowest BCUT2D eigenvalue weighted by Crippen LogP contribution is -2.14. The van der Waals surface area contributed by atoms with Gasteiger partial charge in [0.2, 0.25) is 11.9 Å². The van der Waals surface area contributed by atoms with Crippen LogP contribution in [-0.4, -0.2) is 32.3 Å². The second-order valence-corrected chi connectivity index (χ2v) is 7.32. The van der Waals surface area contributed by atoms with Gasteiger partial charge in [-0.15, -0.1) is 0 Å². The lowest BCUT2D eigenvalue weighted by molar-refractivity contribution is -0.137. The molecule has 4 rings (SSSR count). The van der Waals surface area contributed by atoms with Gasteiger partial charge in [0.15, 0.2) is 5.82 Å². The number of rotatable bonds is 6. The van der Waals surface area contributed by atoms with Crippen molar-refractivity contribution in [1.82, 2.24) is 19.9 Å². The minimum absolute atomic E-state index is 0.274. The number of aromatic nitrogens is 4. The van der Waals surface area contributed by atoms with Crippen molar-refractivity contribution in [2.75, 3.05) is 17.2 Å². The van der Waals surface area contributed by atoms with Crippen LogP contribution in [0.1, 0.15) is 29.4 Å². The van der Waals surface area contributed by atoms with Crippen LogP contribution in [0.4, 0.5) is 25.1 Å². The topological polar surface area (TPSA) is 88.0 Å². The number of aliphatic imine (C=N–C) groups is 1. The Bertz CT molecular complexity index is 1220. The Morgan fingerprint density at radius 1 is 1.00 bits per heavy atom. The highest BCUT2D eigenvalue weighted by Crippen LogP contribution is 2.29. The zero-order valence-corrected chi connectivity index (χ0v) is 17.6. The van der Waals surface area contributed by atoms with Crippen LogP contribution in [0.2, 0.25) is 0 Å². The fourth-order valence-corrected chi connectivity index (χ4v) is 3.00. The molecule has 0 atom stereocenters. The number of amidine groups is 1. The van der Waals surface area contributed by atoms with E-state index in [-0.39, 0.29) is 11.8 Å². The van der Waals surface area contributed by atoms with Crippen molar-refractivity contribution in [3.05, 3.63) is 83.0 Å². The second-order valence-electron chi connectivity index (χ2n) is 7.32. The Morgan fingerprint density at radius 2 is 1.79 bits per heavy atom. The minimum atomic E-state index is -4.41. The summed E-state index contributed by atoms with van der Waals surface area (Å²) in [5, 5.41) is 6.19. The van der Waals surface area contributed by atoms with E-state index in [1.54, 1.807) is 18.5 Å². The standard InChI is InChI=1S/C23H20F3N7/c1-15-11-20(28-13-15)32-22-31-19(6-5-16-3-2-4-18(12-16)23(24,25)26)30-21(33-22)29-14-17-7-9-27-10-8-17/h2-12H,13-14H2,1H3,(H2,28,29,30,31,32,33)/b6-5+. The molecule has 1 aromatic carbocycles. The highest BCUT2D eigenvalue weighted by Gasteiger charge is 2.30. The third-order valence-electron chi connectivity index (χ3n) is 4.61. The summed E-state index contributed by atoms with van der Waals surface area (Å²) in [6.07, 6.45) is 3.93. The summed E-state index contributed by atoms with van der Waals surface area (Å²) >= 11 is 0. The van der Waals surface area contributed by atoms with Gasteiger partial charge in [-0.1, -0.05) is 18.2 Å². The first-order chi connectivity index (χ1) is 15.8. The van der Waals surface area contributed by atoms with E-state index in [4.69, 9.17) is 0 Å². The summed E-state index contributed by atoms with van der Waals surface area (Å²) in [5.74, 6) is 1.50. The summed E-state index contributed by atoms with van der Waals surface area (Å²) in [6.45, 7) is 3.03. The second kappa shape index (κ2) is 9.60. The maximum Gasteiger partial charge on any atom is 0.416 e. The number of hydrogen-bond acceptors (Lipinski definition) is 7. The van der Waals surface area contributed by atoms with Gasteiger partial charge in [-0.05, 0) is 60.0 Å². The zero-order valence-electron chi connectivity index (χ0n) is 17.6. The van der Waals surface area contributed by atoms with Gasteiger partial charge in [-0.2, -0.15) is 28.1 Å². The molecule has 0 spiro atoms. The summed E-state index contributed by atoms with van der Waals surface area (Å²) in [7, 11) is 0. The van der Waals surface area contributed by atoms with Crippen LogP contribution in [0.15, 0.2) is 65.4 Å². The van der Waals surface area contributed by atoms with Crippen LogP contribution in [0, 0.1) is 0 Å². The number of nitrogens with one attached hydrogen (secondary N) is 2. The molecule has 3 heterocycles. The van der Waals surface area contributed by atoms with Crippen LogP contribution in [0.25, 0.3) is 12.2 Å². The molecule has 0 saturated carbocycles. The van der Waals surface area contributed by atoms with Crippen LogP contribution >= 0.6 is 0 Å². The smallest absolute Gasteiger partial charge is 0.350 e. The molecule has 0 aliphatic carbocycles. The quantitative estimate of drug-likeness (QED) is 0.558. The zero-order chi connectivity index (χ0) is 23.3. The Labute approximate surface area is 188 Å². The molecule has 3 aromatic rings. The predicted molar refractivity (Wildman–Crippen MR) is 121 cm³/mol. The van der Waals surface area contributed by atoms with E-state index in [0.717, 1.165) is 23.3 Å². The SMILES string of the molecule is CC1=CC(Nc2nc(/C=C/c3cccc(C(F)(F)F)c3)nc(NCc3ccncc3)n2)=NC1. The number of pyridine rings is 1. The molecule has 33 heavy (non-hydrogen) atoms. The number of anilines is 2. The van der Waals surface area contributed by atoms with E-state index in [1.807, 2.05) is 25.1 Å². The predicted octanol–water partition coefficient (Wildman–Crippen LogP) is 4.84. The van der Waals surface area contributed by atoms with Crippen LogP contribution < -0.4 is 10.6 Å². The summed E-state index contributed by atoms with van der Waals surface area (Å²) < 4.78 is 39.0. The number of nitrogens with zero attached hydrogens (tertiary/aromatic N) is 5. The Hall–Kier alpha value is -4.08. The van der Waals surface area contributed by atoms with E-state index in [0.29, 0.717) is 30.4 Å². The maximum absolute atomic E-state index is 13.0. The van der Waals surface area contributed by atoms with Crippen LogP contribution in [0.5, 0.6) is 0 Å². The van der Waals surface area contributed by atoms with Gasteiger partial charge in [0.05, 0.1) is 12.1 Å². The lowest BCUT2D eigenvalue weighted by Gasteiger charge is -2.09. The van der Waals surface area contributed by atoms with Crippen molar-refractivity contribution in [1.29, 1.82) is 0 Å². The third kappa shape index (κ3) is 6.22. The molecule has 0 amide bonds. The fourth-order valence-electron chi connectivity index (χ4n) is 3.00. The molecule has 0 bridgehead atoms. The van der Waals surface area contributed by atoms with Gasteiger partial charge >= 0.3 is 6.18 Å². The molecule has 1 aliphatic rings. The van der Waals surface area contributed by atoms with Crippen LogP contribution in [-0.2, 0) is 12.7 Å². The molecule has 2 aromatic heterocycles. The first-order valence-corrected chi connectivity index (χ1v) is 10.1. The average molecular weight is 451 g/mol. The van der Waals surface area contributed by atoms with Gasteiger partial charge < -0.3 is 10.6 Å². The van der Waals surface area contributed by atoms with E-state index in [9.17, 15) is 13.2 Å². The largest absolute Gasteiger partial charge is 0.416 e. The monoisotopic (exact) mass is 451 g/mol. The van der Waals surface area contributed by atoms with Gasteiger partial charge in [0.1, 0.15) is 5.84 Å². The molecule has 10 heteroatoms. The molecule has 0 unspecified atom stereocenters. The maximum atomic E-state index is 13.0. The number of benzene rings is 1. The molecule has 0 saturated heterocycles. The molecular formula is C23H20F3N7. The van der Waals surface area contributed by atoms with E-state index in [1.165, 1.54) is 18.2 Å². The van der Waals surface area contributed by atoms with Crippen molar-refractivity contribution in [2.45, 2.75) is 19.6 Å². The van der Waals surface area contributed by atoms with Crippen molar-refractivity contribution in [2.24, 2.45) is 4.99 Å². The van der Waals surface area contributed by atoms with Crippen LogP contribution in [0.3, 0.4) is 0 Å². The summed E-state index contributed by atoms with van der Waals surface area (Å²) in [5.41, 5.74) is 1.75. The van der Waals surface area contributed by atoms with E-state index in [2.05, 4.69) is 35.6 Å². The van der Waals surface area contributed by atoms with Gasteiger partial charge in [-0.3, -0.25) is 9.98 Å². The molecule has 1 aliphatic heterocycles. The summed E-state index contributed by atoms with van der Waals surface area (Å²) in [6, 6.07) is 8.76. The van der Waals surface area contributed by atoms with Gasteiger partial charge in [-0.25, -0.2) is 0 Å². The Kier molecular flexibility index (Phi) is 6.43. The minimum Gasteiger partial charge on any atom is -0.350 e. The van der Waals surface area contributed by atoms with Crippen molar-refractivity contribution in [3.8, 4) is 0 Å². The Morgan fingerprint density at radius 3 is 2.52 bits per heavy atom. The fraction of sp³-hybridized carbons (Fsp3) is 0.174. The van der Waals surface area contributed by atoms with Crippen molar-refractivity contribution >= 4 is 29.9 Å². The molecule has 7 nitrogen and oxygen atoms in total.